The van der Waals surface area contributed by atoms with E-state index in [1.54, 1.807) is 12.3 Å². The number of esters is 1. The lowest BCUT2D eigenvalue weighted by Crippen LogP contribution is -2.07. The van der Waals surface area contributed by atoms with Gasteiger partial charge >= 0.3 is 5.97 Å². The molecular weight excluding hydrogens is 309 g/mol. The van der Waals surface area contributed by atoms with Crippen LogP contribution >= 0.6 is 11.3 Å². The van der Waals surface area contributed by atoms with Crippen molar-refractivity contribution in [3.63, 3.8) is 0 Å². The molecule has 2 rings (SSSR count). The minimum absolute atomic E-state index is 0.0976. The summed E-state index contributed by atoms with van der Waals surface area (Å²) in [4.78, 5) is 15.5. The Kier molecular flexibility index (Phi) is 5.42. The van der Waals surface area contributed by atoms with Gasteiger partial charge in [-0.3, -0.25) is 10.2 Å². The molecule has 1 aromatic carbocycles. The van der Waals surface area contributed by atoms with Crippen LogP contribution in [-0.4, -0.2) is 28.9 Å². The van der Waals surface area contributed by atoms with Crippen molar-refractivity contribution in [1.82, 2.24) is 4.98 Å². The summed E-state index contributed by atoms with van der Waals surface area (Å²) in [5, 5.41) is 15.6. The van der Waals surface area contributed by atoms with E-state index in [1.807, 2.05) is 0 Å². The fourth-order valence-electron chi connectivity index (χ4n) is 1.59. The number of hydrogen-bond acceptors (Lipinski definition) is 7. The van der Waals surface area contributed by atoms with Gasteiger partial charge in [0.1, 0.15) is 0 Å². The number of para-hydroxylation sites is 1. The third-order valence-corrected chi connectivity index (χ3v) is 3.36. The van der Waals surface area contributed by atoms with Crippen molar-refractivity contribution in [2.75, 3.05) is 12.0 Å². The molecule has 116 valence electrons. The summed E-state index contributed by atoms with van der Waals surface area (Å²) >= 11 is 1.27. The van der Waals surface area contributed by atoms with E-state index in [-0.39, 0.29) is 18.0 Å². The molecule has 0 aliphatic carbocycles. The number of carbonyl (C=O) groups is 1. The summed E-state index contributed by atoms with van der Waals surface area (Å²) in [7, 11) is 0. The molecule has 0 fully saturated rings. The van der Waals surface area contributed by atoms with Crippen LogP contribution in [0.2, 0.25) is 0 Å². The topological polar surface area (TPSA) is 83.8 Å². The lowest BCUT2D eigenvalue weighted by Gasteiger charge is -1.99. The Morgan fingerprint density at radius 1 is 1.59 bits per heavy atom. The highest BCUT2D eigenvalue weighted by atomic mass is 32.1. The first-order chi connectivity index (χ1) is 10.6. The molecule has 0 radical (unpaired) electrons. The minimum Gasteiger partial charge on any atom is -0.504 e. The molecule has 0 amide bonds. The van der Waals surface area contributed by atoms with Crippen molar-refractivity contribution in [3.8, 4) is 5.75 Å². The van der Waals surface area contributed by atoms with Crippen molar-refractivity contribution in [1.29, 1.82) is 0 Å². The van der Waals surface area contributed by atoms with E-state index in [1.165, 1.54) is 29.7 Å². The molecule has 0 bridgehead atoms. The molecule has 0 aliphatic heterocycles. The van der Waals surface area contributed by atoms with Gasteiger partial charge in [-0.25, -0.2) is 9.37 Å². The lowest BCUT2D eigenvalue weighted by atomic mass is 10.2. The molecule has 2 aromatic rings. The molecule has 0 saturated heterocycles. The van der Waals surface area contributed by atoms with Gasteiger partial charge in [0.25, 0.3) is 0 Å². The number of aromatic hydroxyl groups is 1. The van der Waals surface area contributed by atoms with Gasteiger partial charge in [-0.05, 0) is 19.1 Å². The Morgan fingerprint density at radius 3 is 3.18 bits per heavy atom. The number of anilines is 1. The average molecular weight is 323 g/mol. The number of aromatic nitrogens is 1. The van der Waals surface area contributed by atoms with Crippen LogP contribution in [-0.2, 0) is 16.0 Å². The number of nitrogens with zero attached hydrogens (tertiary/aromatic N) is 2. The maximum atomic E-state index is 13.1. The Morgan fingerprint density at radius 2 is 2.41 bits per heavy atom. The number of phenolic OH excluding ortho intramolecular Hbond substituents is 1. The van der Waals surface area contributed by atoms with Gasteiger partial charge in [0.15, 0.2) is 11.6 Å². The number of hydrogen-bond donors (Lipinski definition) is 2. The van der Waals surface area contributed by atoms with E-state index in [0.29, 0.717) is 17.4 Å². The van der Waals surface area contributed by atoms with Gasteiger partial charge in [0, 0.05) is 10.9 Å². The van der Waals surface area contributed by atoms with Gasteiger partial charge in [0.2, 0.25) is 5.13 Å². The highest BCUT2D eigenvalue weighted by Crippen LogP contribution is 2.19. The molecule has 0 aliphatic rings. The van der Waals surface area contributed by atoms with Gasteiger partial charge in [-0.15, -0.1) is 11.3 Å². The molecule has 1 aromatic heterocycles. The predicted octanol–water partition coefficient (Wildman–Crippen LogP) is 2.54. The van der Waals surface area contributed by atoms with Gasteiger partial charge in [-0.2, -0.15) is 5.10 Å². The Balaban J connectivity index is 1.94. The smallest absolute Gasteiger partial charge is 0.311 e. The van der Waals surface area contributed by atoms with Crippen molar-refractivity contribution in [3.05, 3.63) is 40.7 Å². The van der Waals surface area contributed by atoms with Gasteiger partial charge in [-0.1, -0.05) is 6.07 Å². The molecule has 22 heavy (non-hydrogen) atoms. The van der Waals surface area contributed by atoms with Crippen molar-refractivity contribution >= 4 is 28.7 Å². The Labute approximate surface area is 130 Å². The average Bonchev–Trinajstić information content (AvgIpc) is 2.91. The van der Waals surface area contributed by atoms with E-state index in [4.69, 9.17) is 4.74 Å². The van der Waals surface area contributed by atoms with Crippen LogP contribution in [0.15, 0.2) is 28.7 Å². The van der Waals surface area contributed by atoms with E-state index in [2.05, 4.69) is 15.5 Å². The van der Waals surface area contributed by atoms with Crippen LogP contribution in [0, 0.1) is 5.82 Å². The normalized spacial score (nSPS) is 10.8. The van der Waals surface area contributed by atoms with Crippen LogP contribution in [0.25, 0.3) is 0 Å². The molecule has 6 nitrogen and oxygen atoms in total. The second-order valence-electron chi connectivity index (χ2n) is 4.17. The summed E-state index contributed by atoms with van der Waals surface area (Å²) in [6.07, 6.45) is 1.38. The number of thiazole rings is 1. The molecule has 1 heterocycles. The van der Waals surface area contributed by atoms with Crippen molar-refractivity contribution < 1.29 is 19.0 Å². The number of hydrazone groups is 1. The third kappa shape index (κ3) is 4.26. The van der Waals surface area contributed by atoms with Crippen molar-refractivity contribution in [2.45, 2.75) is 13.3 Å². The van der Waals surface area contributed by atoms with Crippen LogP contribution in [0.3, 0.4) is 0 Å². The SMILES string of the molecule is CCOC(=O)Cc1csc(NN=Cc2cccc(F)c2O)n1. The first-order valence-electron chi connectivity index (χ1n) is 6.46. The van der Waals surface area contributed by atoms with Crippen LogP contribution in [0.1, 0.15) is 18.2 Å². The molecule has 0 saturated carbocycles. The minimum atomic E-state index is -0.713. The van der Waals surface area contributed by atoms with Crippen molar-refractivity contribution in [2.24, 2.45) is 5.10 Å². The highest BCUT2D eigenvalue weighted by Gasteiger charge is 2.08. The number of ether oxygens (including phenoxy) is 1. The Bertz CT molecular complexity index is 688. The van der Waals surface area contributed by atoms with E-state index in [0.717, 1.165) is 6.07 Å². The molecule has 0 unspecified atom stereocenters. The summed E-state index contributed by atoms with van der Waals surface area (Å²) in [5.41, 5.74) is 3.48. The number of rotatable bonds is 6. The molecule has 0 spiro atoms. The lowest BCUT2D eigenvalue weighted by molar-refractivity contribution is -0.142. The largest absolute Gasteiger partial charge is 0.504 e. The standard InChI is InChI=1S/C14H14FN3O3S/c1-2-21-12(19)6-10-8-22-14(17-10)18-16-7-9-4-3-5-11(15)13(9)20/h3-5,7-8,20H,2,6H2,1H3,(H,17,18). The maximum absolute atomic E-state index is 13.1. The molecule has 2 N–H and O–H groups in total. The monoisotopic (exact) mass is 323 g/mol. The fraction of sp³-hybridized carbons (Fsp3) is 0.214. The van der Waals surface area contributed by atoms with Crippen LogP contribution in [0.5, 0.6) is 5.75 Å². The summed E-state index contributed by atoms with van der Waals surface area (Å²) in [6, 6.07) is 4.15. The predicted molar refractivity (Wildman–Crippen MR) is 81.7 cm³/mol. The Hall–Kier alpha value is -2.48. The summed E-state index contributed by atoms with van der Waals surface area (Å²) in [5.74, 6) is -1.52. The summed E-state index contributed by atoms with van der Waals surface area (Å²) < 4.78 is 18.0. The number of nitrogens with one attached hydrogen (secondary N) is 1. The van der Waals surface area contributed by atoms with E-state index < -0.39 is 11.6 Å². The summed E-state index contributed by atoms with van der Waals surface area (Å²) in [6.45, 7) is 2.07. The fourth-order valence-corrected chi connectivity index (χ4v) is 2.25. The first-order valence-corrected chi connectivity index (χ1v) is 7.34. The quantitative estimate of drug-likeness (QED) is 0.485. The zero-order valence-electron chi connectivity index (χ0n) is 11.7. The second kappa shape index (κ2) is 7.51. The molecular formula is C14H14FN3O3S. The van der Waals surface area contributed by atoms with Gasteiger partial charge in [0.05, 0.1) is 24.9 Å². The number of benzene rings is 1. The van der Waals surface area contributed by atoms with Crippen LogP contribution < -0.4 is 5.43 Å². The molecule has 8 heteroatoms. The maximum Gasteiger partial charge on any atom is 0.311 e. The first kappa shape index (κ1) is 15.9. The van der Waals surface area contributed by atoms with Crippen LogP contribution in [0.4, 0.5) is 9.52 Å². The molecule has 0 atom stereocenters. The number of phenols is 1. The highest BCUT2D eigenvalue weighted by molar-refractivity contribution is 7.13. The zero-order valence-corrected chi connectivity index (χ0v) is 12.6. The van der Waals surface area contributed by atoms with E-state index >= 15 is 0 Å². The zero-order chi connectivity index (χ0) is 15.9. The number of carbonyl (C=O) groups excluding carboxylic acids is 1. The number of halogens is 1. The second-order valence-corrected chi connectivity index (χ2v) is 5.03. The van der Waals surface area contributed by atoms with E-state index in [9.17, 15) is 14.3 Å². The third-order valence-electron chi connectivity index (χ3n) is 2.56. The van der Waals surface area contributed by atoms with Gasteiger partial charge < -0.3 is 9.84 Å².